The first-order chi connectivity index (χ1) is 11.1. The van der Waals surface area contributed by atoms with Gasteiger partial charge in [0.15, 0.2) is 0 Å². The molecule has 1 fully saturated rings. The smallest absolute Gasteiger partial charge is 0.253 e. The molecule has 0 atom stereocenters. The van der Waals surface area contributed by atoms with E-state index in [1.807, 2.05) is 18.2 Å². The van der Waals surface area contributed by atoms with Gasteiger partial charge in [0.25, 0.3) is 5.91 Å². The molecule has 23 heavy (non-hydrogen) atoms. The van der Waals surface area contributed by atoms with Crippen molar-refractivity contribution in [2.45, 2.75) is 12.8 Å². The number of fused-ring (bicyclic) bond motifs is 1. The molecule has 5 nitrogen and oxygen atoms in total. The Morgan fingerprint density at radius 3 is 2.74 bits per heavy atom. The molecule has 0 saturated carbocycles. The maximum Gasteiger partial charge on any atom is 0.253 e. The van der Waals surface area contributed by atoms with Crippen molar-refractivity contribution in [3.05, 3.63) is 34.9 Å². The van der Waals surface area contributed by atoms with Crippen LogP contribution in [-0.2, 0) is 0 Å². The maximum atomic E-state index is 12.1. The molecule has 0 bridgehead atoms. The number of benzene rings is 1. The van der Waals surface area contributed by atoms with Gasteiger partial charge >= 0.3 is 0 Å². The van der Waals surface area contributed by atoms with Crippen LogP contribution in [0.2, 0.25) is 5.02 Å². The number of carbonyl (C=O) groups is 1. The number of amides is 1. The SMILES string of the molecule is CNC(=O)c1c(Cl)ccc2nc(N3CCC(CN)CC3)ccc12. The van der Waals surface area contributed by atoms with E-state index < -0.39 is 0 Å². The summed E-state index contributed by atoms with van der Waals surface area (Å²) < 4.78 is 0. The van der Waals surface area contributed by atoms with Crippen molar-refractivity contribution in [3.8, 4) is 0 Å². The highest BCUT2D eigenvalue weighted by molar-refractivity contribution is 6.35. The number of nitrogens with two attached hydrogens (primary N) is 1. The number of halogens is 1. The van der Waals surface area contributed by atoms with Gasteiger partial charge in [-0.25, -0.2) is 4.98 Å². The second-order valence-electron chi connectivity index (χ2n) is 5.90. The van der Waals surface area contributed by atoms with E-state index in [0.717, 1.165) is 49.2 Å². The third-order valence-electron chi connectivity index (χ3n) is 4.53. The summed E-state index contributed by atoms with van der Waals surface area (Å²) in [6.07, 6.45) is 2.20. The molecule has 6 heteroatoms. The third-order valence-corrected chi connectivity index (χ3v) is 4.85. The van der Waals surface area contributed by atoms with E-state index in [1.54, 1.807) is 13.1 Å². The molecular formula is C17H21ClN4O. The number of nitrogens with one attached hydrogen (secondary N) is 1. The number of aromatic nitrogens is 1. The molecule has 1 saturated heterocycles. The number of carbonyl (C=O) groups excluding carboxylic acids is 1. The van der Waals surface area contributed by atoms with Gasteiger partial charge in [-0.1, -0.05) is 11.6 Å². The number of hydrogen-bond acceptors (Lipinski definition) is 4. The van der Waals surface area contributed by atoms with Gasteiger partial charge < -0.3 is 16.0 Å². The zero-order valence-corrected chi connectivity index (χ0v) is 13.9. The summed E-state index contributed by atoms with van der Waals surface area (Å²) in [7, 11) is 1.60. The molecule has 3 N–H and O–H groups in total. The molecule has 0 radical (unpaired) electrons. The summed E-state index contributed by atoms with van der Waals surface area (Å²) in [5.74, 6) is 1.36. The second kappa shape index (κ2) is 6.72. The van der Waals surface area contributed by atoms with Gasteiger partial charge in [-0.3, -0.25) is 4.79 Å². The largest absolute Gasteiger partial charge is 0.357 e. The van der Waals surface area contributed by atoms with Crippen LogP contribution in [0.1, 0.15) is 23.2 Å². The van der Waals surface area contributed by atoms with E-state index in [-0.39, 0.29) is 5.91 Å². The topological polar surface area (TPSA) is 71.2 Å². The molecule has 0 unspecified atom stereocenters. The Kier molecular flexibility index (Phi) is 4.68. The van der Waals surface area contributed by atoms with Crippen molar-refractivity contribution in [3.63, 3.8) is 0 Å². The number of hydrogen-bond donors (Lipinski definition) is 2. The minimum Gasteiger partial charge on any atom is -0.357 e. The highest BCUT2D eigenvalue weighted by Gasteiger charge is 2.20. The van der Waals surface area contributed by atoms with E-state index in [1.165, 1.54) is 0 Å². The first-order valence-electron chi connectivity index (χ1n) is 7.90. The number of piperidine rings is 1. The maximum absolute atomic E-state index is 12.1. The Bertz CT molecular complexity index is 726. The Labute approximate surface area is 140 Å². The van der Waals surface area contributed by atoms with Gasteiger partial charge in [0.1, 0.15) is 5.82 Å². The summed E-state index contributed by atoms with van der Waals surface area (Å²) in [5.41, 5.74) is 7.01. The molecule has 122 valence electrons. The minimum atomic E-state index is -0.195. The molecule has 2 aromatic rings. The lowest BCUT2D eigenvalue weighted by molar-refractivity contribution is 0.0965. The van der Waals surface area contributed by atoms with Crippen molar-refractivity contribution >= 4 is 34.2 Å². The fraction of sp³-hybridized carbons (Fsp3) is 0.412. The first-order valence-corrected chi connectivity index (χ1v) is 8.28. The number of rotatable bonds is 3. The lowest BCUT2D eigenvalue weighted by Crippen LogP contribution is -2.36. The number of anilines is 1. The van der Waals surface area contributed by atoms with Crippen molar-refractivity contribution in [2.24, 2.45) is 11.7 Å². The van der Waals surface area contributed by atoms with Gasteiger partial charge in [-0.15, -0.1) is 0 Å². The van der Waals surface area contributed by atoms with Gasteiger partial charge in [0.05, 0.1) is 16.1 Å². The predicted octanol–water partition coefficient (Wildman–Crippen LogP) is 2.42. The predicted molar refractivity (Wildman–Crippen MR) is 94.1 cm³/mol. The van der Waals surface area contributed by atoms with Crippen LogP contribution in [0.15, 0.2) is 24.3 Å². The lowest BCUT2D eigenvalue weighted by atomic mass is 9.97. The fourth-order valence-electron chi connectivity index (χ4n) is 3.10. The molecule has 1 amide bonds. The van der Waals surface area contributed by atoms with Crippen LogP contribution in [0.25, 0.3) is 10.9 Å². The summed E-state index contributed by atoms with van der Waals surface area (Å²) in [6.45, 7) is 2.69. The van der Waals surface area contributed by atoms with Crippen LogP contribution in [0.3, 0.4) is 0 Å². The Morgan fingerprint density at radius 1 is 1.35 bits per heavy atom. The molecule has 1 aliphatic rings. The third kappa shape index (κ3) is 3.12. The molecule has 1 aliphatic heterocycles. The van der Waals surface area contributed by atoms with Gasteiger partial charge in [0.2, 0.25) is 0 Å². The molecule has 1 aromatic carbocycles. The van der Waals surface area contributed by atoms with Crippen LogP contribution in [0.4, 0.5) is 5.82 Å². The summed E-state index contributed by atoms with van der Waals surface area (Å²) in [5, 5.41) is 3.85. The summed E-state index contributed by atoms with van der Waals surface area (Å²) in [4.78, 5) is 19.1. The quantitative estimate of drug-likeness (QED) is 0.905. The summed E-state index contributed by atoms with van der Waals surface area (Å²) >= 11 is 6.19. The minimum absolute atomic E-state index is 0.195. The van der Waals surface area contributed by atoms with E-state index >= 15 is 0 Å². The first kappa shape index (κ1) is 16.0. The fourth-order valence-corrected chi connectivity index (χ4v) is 3.35. The molecule has 3 rings (SSSR count). The Hall–Kier alpha value is -1.85. The van der Waals surface area contributed by atoms with Crippen molar-refractivity contribution < 1.29 is 4.79 Å². The van der Waals surface area contributed by atoms with Crippen molar-refractivity contribution in [2.75, 3.05) is 31.6 Å². The van der Waals surface area contributed by atoms with E-state index in [2.05, 4.69) is 10.2 Å². The average Bonchev–Trinajstić information content (AvgIpc) is 2.60. The standard InChI is InChI=1S/C17H21ClN4O/c1-20-17(23)16-12-2-5-15(21-14(12)4-3-13(16)18)22-8-6-11(10-19)7-9-22/h2-5,11H,6-10,19H2,1H3,(H,20,23). The second-order valence-corrected chi connectivity index (χ2v) is 6.31. The average molecular weight is 333 g/mol. The van der Waals surface area contributed by atoms with Crippen LogP contribution >= 0.6 is 11.6 Å². The highest BCUT2D eigenvalue weighted by atomic mass is 35.5. The lowest BCUT2D eigenvalue weighted by Gasteiger charge is -2.32. The molecule has 1 aromatic heterocycles. The normalized spacial score (nSPS) is 15.9. The zero-order chi connectivity index (χ0) is 16.4. The summed E-state index contributed by atoms with van der Waals surface area (Å²) in [6, 6.07) is 7.49. The van der Waals surface area contributed by atoms with E-state index in [9.17, 15) is 4.79 Å². The Balaban J connectivity index is 1.94. The molecule has 2 heterocycles. The number of nitrogens with zero attached hydrogens (tertiary/aromatic N) is 2. The van der Waals surface area contributed by atoms with Crippen LogP contribution in [-0.4, -0.2) is 37.6 Å². The van der Waals surface area contributed by atoms with Crippen LogP contribution in [0, 0.1) is 5.92 Å². The van der Waals surface area contributed by atoms with E-state index in [4.69, 9.17) is 22.3 Å². The Morgan fingerprint density at radius 2 is 2.09 bits per heavy atom. The number of pyridine rings is 1. The van der Waals surface area contributed by atoms with Gasteiger partial charge in [0, 0.05) is 25.5 Å². The molecule has 0 spiro atoms. The van der Waals surface area contributed by atoms with Crippen LogP contribution in [0.5, 0.6) is 0 Å². The van der Waals surface area contributed by atoms with Crippen molar-refractivity contribution in [1.82, 2.24) is 10.3 Å². The van der Waals surface area contributed by atoms with Crippen LogP contribution < -0.4 is 16.0 Å². The highest BCUT2D eigenvalue weighted by Crippen LogP contribution is 2.28. The van der Waals surface area contributed by atoms with Gasteiger partial charge in [-0.05, 0) is 49.6 Å². The monoisotopic (exact) mass is 332 g/mol. The van der Waals surface area contributed by atoms with Crippen molar-refractivity contribution in [1.29, 1.82) is 0 Å². The van der Waals surface area contributed by atoms with Gasteiger partial charge in [-0.2, -0.15) is 0 Å². The molecule has 0 aliphatic carbocycles. The zero-order valence-electron chi connectivity index (χ0n) is 13.2. The van der Waals surface area contributed by atoms with E-state index in [0.29, 0.717) is 16.5 Å². The molecular weight excluding hydrogens is 312 g/mol.